The molecule has 0 saturated heterocycles. The Labute approximate surface area is 122 Å². The predicted octanol–water partition coefficient (Wildman–Crippen LogP) is 5.30. The molecule has 1 heterocycles. The normalized spacial score (nSPS) is 18.2. The molecule has 0 aromatic heterocycles. The van der Waals surface area contributed by atoms with Gasteiger partial charge >= 0.3 is 0 Å². The van der Waals surface area contributed by atoms with Crippen LogP contribution in [0.3, 0.4) is 0 Å². The van der Waals surface area contributed by atoms with Gasteiger partial charge in [0.15, 0.2) is 0 Å². The molecule has 0 nitrogen and oxygen atoms in total. The van der Waals surface area contributed by atoms with E-state index >= 15 is 0 Å². The highest BCUT2D eigenvalue weighted by atomic mass is 127. The van der Waals surface area contributed by atoms with E-state index in [2.05, 4.69) is 88.8 Å². The Hall–Kier alpha value is -0.870. The Morgan fingerprint density at radius 2 is 1.56 bits per heavy atom. The second-order valence-electron chi connectivity index (χ2n) is 4.31. The second kappa shape index (κ2) is 5.02. The molecule has 1 unspecified atom stereocenters. The van der Waals surface area contributed by atoms with Crippen molar-refractivity contribution in [2.45, 2.75) is 11.8 Å². The molecule has 0 spiro atoms. The van der Waals surface area contributed by atoms with Gasteiger partial charge in [0, 0.05) is 9.76 Å². The van der Waals surface area contributed by atoms with Crippen molar-refractivity contribution in [3.63, 3.8) is 0 Å². The van der Waals surface area contributed by atoms with Crippen LogP contribution in [-0.4, -0.2) is 4.86 Å². The maximum atomic E-state index is 2.57. The van der Waals surface area contributed by atoms with Crippen LogP contribution in [0, 0.1) is 0 Å². The first-order chi connectivity index (χ1) is 8.77. The van der Waals surface area contributed by atoms with Crippen molar-refractivity contribution in [3.05, 3.63) is 71.8 Å². The first-order valence-electron chi connectivity index (χ1n) is 5.88. The molecule has 2 aromatic carbocycles. The molecule has 1 aliphatic rings. The van der Waals surface area contributed by atoms with Crippen molar-refractivity contribution < 1.29 is 0 Å². The minimum absolute atomic E-state index is 0.136. The Morgan fingerprint density at radius 1 is 0.889 bits per heavy atom. The monoisotopic (exact) mass is 364 g/mol. The lowest BCUT2D eigenvalue weighted by molar-refractivity contribution is 1.39. The van der Waals surface area contributed by atoms with E-state index in [1.54, 1.807) is 0 Å². The van der Waals surface area contributed by atoms with Crippen molar-refractivity contribution in [3.8, 4) is 0 Å². The lowest BCUT2D eigenvalue weighted by Gasteiger charge is -2.19. The second-order valence-corrected chi connectivity index (χ2v) is 8.34. The summed E-state index contributed by atoms with van der Waals surface area (Å²) in [7, 11) is 0.136. The molecule has 0 N–H and O–H groups in total. The Kier molecular flexibility index (Phi) is 3.39. The van der Waals surface area contributed by atoms with Crippen molar-refractivity contribution in [2.75, 3.05) is 0 Å². The molecule has 1 atom stereocenters. The highest BCUT2D eigenvalue weighted by Gasteiger charge is 2.15. The van der Waals surface area contributed by atoms with Gasteiger partial charge in [0.1, 0.15) is 0 Å². The molecule has 90 valence electrons. The van der Waals surface area contributed by atoms with E-state index in [-0.39, 0.29) is 7.66 Å². The van der Waals surface area contributed by atoms with Crippen LogP contribution in [0.4, 0.5) is 0 Å². The van der Waals surface area contributed by atoms with E-state index in [1.165, 1.54) is 26.5 Å². The van der Waals surface area contributed by atoms with Crippen LogP contribution in [0.5, 0.6) is 0 Å². The largest absolute Gasteiger partial charge is 0.0829 e. The summed E-state index contributed by atoms with van der Waals surface area (Å²) in [5, 5.41) is 0. The molecule has 0 saturated carbocycles. The van der Waals surface area contributed by atoms with Crippen LogP contribution >= 0.6 is 28.9 Å². The van der Waals surface area contributed by atoms with E-state index in [4.69, 9.17) is 0 Å². The van der Waals surface area contributed by atoms with Crippen LogP contribution in [0.15, 0.2) is 65.6 Å². The number of hydrogen-bond donors (Lipinski definition) is 0. The number of rotatable bonds is 1. The number of hydrogen-bond acceptors (Lipinski definition) is 0. The molecule has 0 aliphatic carbocycles. The molecule has 0 radical (unpaired) electrons. The molecule has 0 amide bonds. The zero-order valence-corrected chi connectivity index (χ0v) is 13.0. The van der Waals surface area contributed by atoms with E-state index in [9.17, 15) is 0 Å². The third-order valence-electron chi connectivity index (χ3n) is 3.10. The maximum Gasteiger partial charge on any atom is 0.0195 e. The molecule has 2 aromatic rings. The fraction of sp³-hybridized carbons (Fsp3) is 0.0625. The van der Waals surface area contributed by atoms with Gasteiger partial charge in [0.25, 0.3) is 0 Å². The molecular weight excluding hydrogens is 351 g/mol. The minimum Gasteiger partial charge on any atom is -0.0829 e. The van der Waals surface area contributed by atoms with Crippen molar-refractivity contribution in [2.24, 2.45) is 0 Å². The van der Waals surface area contributed by atoms with Crippen LogP contribution in [0.1, 0.15) is 18.1 Å². The molecule has 0 fully saturated rings. The lowest BCUT2D eigenvalue weighted by Crippen LogP contribution is -2.02. The fourth-order valence-corrected chi connectivity index (χ4v) is 5.96. The van der Waals surface area contributed by atoms with E-state index in [0.29, 0.717) is 0 Å². The topological polar surface area (TPSA) is 0 Å². The Balaban J connectivity index is 2.24. The van der Waals surface area contributed by atoms with Crippen LogP contribution in [0.2, 0.25) is 0 Å². The van der Waals surface area contributed by atoms with Gasteiger partial charge < -0.3 is 0 Å². The Morgan fingerprint density at radius 3 is 2.33 bits per heavy atom. The van der Waals surface area contributed by atoms with Gasteiger partial charge in [-0.25, -0.2) is 0 Å². The summed E-state index contributed by atoms with van der Waals surface area (Å²) in [6, 6.07) is 19.4. The summed E-state index contributed by atoms with van der Waals surface area (Å²) in [5.41, 5.74) is 4.10. The van der Waals surface area contributed by atoms with Crippen LogP contribution in [-0.2, 0) is 0 Å². The van der Waals surface area contributed by atoms with Gasteiger partial charge in [-0.1, -0.05) is 56.2 Å². The van der Waals surface area contributed by atoms with Gasteiger partial charge in [0.05, 0.1) is 0 Å². The minimum atomic E-state index is 0.136. The third kappa shape index (κ3) is 2.08. The number of halogens is 1. The molecular formula is C16H13IS. The van der Waals surface area contributed by atoms with Crippen molar-refractivity contribution in [1.29, 1.82) is 0 Å². The summed E-state index contributed by atoms with van der Waals surface area (Å²) in [5.74, 6) is 0. The number of allylic oxidation sites excluding steroid dienone is 2. The summed E-state index contributed by atoms with van der Waals surface area (Å²) in [4.78, 5) is 2.89. The van der Waals surface area contributed by atoms with Gasteiger partial charge in [0.2, 0.25) is 0 Å². The van der Waals surface area contributed by atoms with Gasteiger partial charge in [-0.2, -0.15) is 0 Å². The van der Waals surface area contributed by atoms with Crippen LogP contribution in [0.25, 0.3) is 5.57 Å². The molecule has 0 bridgehead atoms. The van der Waals surface area contributed by atoms with E-state index in [0.717, 1.165) is 0 Å². The summed E-state index contributed by atoms with van der Waals surface area (Å²) < 4.78 is 0. The van der Waals surface area contributed by atoms with Gasteiger partial charge in [-0.3, -0.25) is 0 Å². The smallest absolute Gasteiger partial charge is 0.0195 e. The van der Waals surface area contributed by atoms with E-state index < -0.39 is 0 Å². The highest BCUT2D eigenvalue weighted by Crippen LogP contribution is 2.45. The summed E-state index contributed by atoms with van der Waals surface area (Å²) >= 11 is 2.57. The standard InChI is InChI=1S/C16H13IS/c1-12-11-16(13-7-3-2-4-8-13)18(17)15-10-6-5-9-14(12)15/h2-11H,1H3. The zero-order chi connectivity index (χ0) is 12.5. The lowest BCUT2D eigenvalue weighted by atomic mass is 10.0. The third-order valence-corrected chi connectivity index (χ3v) is 7.43. The quantitative estimate of drug-likeness (QED) is 0.476. The first-order valence-corrected chi connectivity index (χ1v) is 9.65. The van der Waals surface area contributed by atoms with Crippen molar-refractivity contribution in [1.82, 2.24) is 0 Å². The van der Waals surface area contributed by atoms with E-state index in [1.807, 2.05) is 0 Å². The Bertz CT molecular complexity index is 654. The highest BCUT2D eigenvalue weighted by molar-refractivity contribution is 14.2. The zero-order valence-electron chi connectivity index (χ0n) is 10.1. The molecule has 2 heteroatoms. The van der Waals surface area contributed by atoms with Crippen molar-refractivity contribution >= 4 is 39.3 Å². The number of fused-ring (bicyclic) bond motifs is 1. The maximum absolute atomic E-state index is 2.57. The fourth-order valence-electron chi connectivity index (χ4n) is 2.18. The van der Waals surface area contributed by atoms with Gasteiger partial charge in [-0.15, -0.1) is 0 Å². The predicted molar refractivity (Wildman–Crippen MR) is 90.5 cm³/mol. The molecule has 3 rings (SSSR count). The average molecular weight is 364 g/mol. The molecule has 18 heavy (non-hydrogen) atoms. The summed E-state index contributed by atoms with van der Waals surface area (Å²) in [6.07, 6.45) is 2.34. The summed E-state index contributed by atoms with van der Waals surface area (Å²) in [6.45, 7) is 2.20. The van der Waals surface area contributed by atoms with Gasteiger partial charge in [-0.05, 0) is 57.0 Å². The number of benzene rings is 2. The SMILES string of the molecule is CC1=CC(c2ccccc2)=S(I)c2ccccc21. The van der Waals surface area contributed by atoms with Crippen LogP contribution < -0.4 is 0 Å². The molecule has 1 aliphatic heterocycles. The average Bonchev–Trinajstić information content (AvgIpc) is 2.44. The first kappa shape index (κ1) is 12.2.